The van der Waals surface area contributed by atoms with E-state index in [4.69, 9.17) is 9.14 Å². The summed E-state index contributed by atoms with van der Waals surface area (Å²) < 4.78 is 11.0. The number of hydrogen-bond acceptors (Lipinski definition) is 11. The van der Waals surface area contributed by atoms with Crippen molar-refractivity contribution in [2.75, 3.05) is 0 Å². The topological polar surface area (TPSA) is 206 Å². The molecule has 0 unspecified atom stereocenters. The van der Waals surface area contributed by atoms with Gasteiger partial charge in [0.2, 0.25) is 0 Å². The van der Waals surface area contributed by atoms with Crippen LogP contribution in [-0.2, 0) is 22.4 Å². The number of nitro groups is 2. The Morgan fingerprint density at radius 1 is 0.722 bits per heavy atom. The molecule has 3 aromatic carbocycles. The zero-order valence-corrected chi connectivity index (χ0v) is 18.5. The van der Waals surface area contributed by atoms with Gasteiger partial charge < -0.3 is 34.5 Å². The van der Waals surface area contributed by atoms with Gasteiger partial charge in [-0.15, -0.1) is 0 Å². The minimum atomic E-state index is -1.94. The number of nitro benzene ring substituents is 2. The fourth-order valence-electron chi connectivity index (χ4n) is 3.39. The van der Waals surface area contributed by atoms with Gasteiger partial charge in [0.25, 0.3) is 11.4 Å². The van der Waals surface area contributed by atoms with Gasteiger partial charge in [0, 0.05) is 29.7 Å². The maximum absolute atomic E-state index is 11.2. The van der Waals surface area contributed by atoms with Crippen LogP contribution in [0.4, 0.5) is 11.4 Å². The number of nitrogens with zero attached hydrogens (tertiary/aromatic N) is 2. The normalized spacial score (nSPS) is 10.7. The van der Waals surface area contributed by atoms with E-state index in [1.807, 2.05) is 0 Å². The summed E-state index contributed by atoms with van der Waals surface area (Å²) in [5, 5.41) is 73.3. The Morgan fingerprint density at radius 2 is 1.17 bits per heavy atom. The molecule has 0 saturated carbocycles. The molecule has 0 radical (unpaired) electrons. The Balaban J connectivity index is 1.99. The van der Waals surface area contributed by atoms with Crippen LogP contribution in [0.1, 0.15) is 11.1 Å². The van der Waals surface area contributed by atoms with Gasteiger partial charge >= 0.3 is 21.4 Å². The molecule has 16 heteroatoms. The smallest absolute Gasteiger partial charge is 0.478 e. The first-order chi connectivity index (χ1) is 17.2. The third kappa shape index (κ3) is 6.06. The Kier molecular flexibility index (Phi) is 8.76. The van der Waals surface area contributed by atoms with Crippen molar-refractivity contribution in [1.29, 1.82) is 0 Å². The fourth-order valence-corrected chi connectivity index (χ4v) is 3.39. The van der Waals surface area contributed by atoms with Crippen molar-refractivity contribution < 1.29 is 44.4 Å². The summed E-state index contributed by atoms with van der Waals surface area (Å²) in [5.41, 5.74) is -0.990. The lowest BCUT2D eigenvalue weighted by Crippen LogP contribution is -2.52. The molecule has 0 atom stereocenters. The quantitative estimate of drug-likeness (QED) is 0.120. The van der Waals surface area contributed by atoms with Gasteiger partial charge in [-0.05, 0) is 28.1 Å². The van der Waals surface area contributed by atoms with E-state index in [9.17, 15) is 45.6 Å². The molecule has 36 heavy (non-hydrogen) atoms. The molecule has 5 N–H and O–H groups in total. The third-order valence-electron chi connectivity index (χ3n) is 5.25. The zero-order valence-electron chi connectivity index (χ0n) is 18.5. The highest BCUT2D eigenvalue weighted by atomic mass is 16.6. The van der Waals surface area contributed by atoms with E-state index in [1.165, 1.54) is 36.4 Å². The first-order valence-corrected chi connectivity index (χ1v) is 10.4. The highest BCUT2D eigenvalue weighted by molar-refractivity contribution is 6.79. The molecule has 0 aromatic heterocycles. The van der Waals surface area contributed by atoms with Gasteiger partial charge in [0.15, 0.2) is 0 Å². The molecule has 0 saturated heterocycles. The van der Waals surface area contributed by atoms with Crippen LogP contribution < -0.4 is 16.4 Å². The van der Waals surface area contributed by atoms with Crippen molar-refractivity contribution in [2.45, 2.75) is 13.2 Å². The highest BCUT2D eigenvalue weighted by Gasteiger charge is 2.37. The highest BCUT2D eigenvalue weighted by Crippen LogP contribution is 2.15. The van der Waals surface area contributed by atoms with E-state index in [0.29, 0.717) is 0 Å². The number of rotatable bonds is 11. The fraction of sp³-hybridized carbons (Fsp3) is 0.100. The number of aromatic hydroxyl groups is 1. The van der Waals surface area contributed by atoms with Crippen LogP contribution in [0.15, 0.2) is 60.7 Å². The summed E-state index contributed by atoms with van der Waals surface area (Å²) >= 11 is 0. The van der Waals surface area contributed by atoms with Gasteiger partial charge in [0.1, 0.15) is 5.75 Å². The predicted octanol–water partition coefficient (Wildman–Crippen LogP) is -1.30. The Labute approximate surface area is 204 Å². The second kappa shape index (κ2) is 11.8. The standard InChI is InChI=1S/C20H19B3N2O11/c26-11-13-5-7-15(24(31)32)9-18(13)21(29)35-23(17-3-1-2-4-20(17)28)36-22(30)19-10-16(25(33)34)8-6-14(19)12-27/h1-10,26-30H,11-12H2. The Bertz CT molecular complexity index is 1190. The number of benzene rings is 3. The molecule has 0 amide bonds. The van der Waals surface area contributed by atoms with Crippen LogP contribution in [0.3, 0.4) is 0 Å². The molecule has 0 aliphatic heterocycles. The Hall–Kier alpha value is -3.79. The van der Waals surface area contributed by atoms with Crippen molar-refractivity contribution >= 4 is 49.1 Å². The van der Waals surface area contributed by atoms with Crippen molar-refractivity contribution in [2.24, 2.45) is 0 Å². The first kappa shape index (κ1) is 26.8. The summed E-state index contributed by atoms with van der Waals surface area (Å²) in [6.07, 6.45) is 0. The zero-order chi connectivity index (χ0) is 26.4. The van der Waals surface area contributed by atoms with Gasteiger partial charge in [-0.1, -0.05) is 30.3 Å². The summed E-state index contributed by atoms with van der Waals surface area (Å²) in [6.45, 7) is -1.18. The van der Waals surface area contributed by atoms with Gasteiger partial charge in [-0.2, -0.15) is 0 Å². The number of non-ortho nitro benzene ring substituents is 2. The van der Waals surface area contributed by atoms with Crippen molar-refractivity contribution in [3.63, 3.8) is 0 Å². The molecule has 0 aliphatic rings. The second-order valence-electron chi connectivity index (χ2n) is 7.46. The lowest BCUT2D eigenvalue weighted by Gasteiger charge is -2.22. The van der Waals surface area contributed by atoms with Crippen molar-refractivity contribution in [3.8, 4) is 5.75 Å². The summed E-state index contributed by atoms with van der Waals surface area (Å²) in [6, 6.07) is 12.3. The predicted molar refractivity (Wildman–Crippen MR) is 129 cm³/mol. The molecule has 0 aliphatic carbocycles. The van der Waals surface area contributed by atoms with Crippen molar-refractivity contribution in [3.05, 3.63) is 92.0 Å². The number of phenols is 1. The molecule has 0 bridgehead atoms. The second-order valence-corrected chi connectivity index (χ2v) is 7.46. The molecule has 0 fully saturated rings. The van der Waals surface area contributed by atoms with Crippen LogP contribution in [0.5, 0.6) is 5.75 Å². The van der Waals surface area contributed by atoms with Crippen LogP contribution in [-0.4, -0.2) is 56.6 Å². The molecule has 184 valence electrons. The minimum Gasteiger partial charge on any atom is -0.508 e. The maximum atomic E-state index is 11.2. The molecule has 0 heterocycles. The van der Waals surface area contributed by atoms with E-state index in [1.54, 1.807) is 0 Å². The monoisotopic (exact) mass is 496 g/mol. The van der Waals surface area contributed by atoms with E-state index in [2.05, 4.69) is 0 Å². The summed E-state index contributed by atoms with van der Waals surface area (Å²) in [4.78, 5) is 20.9. The van der Waals surface area contributed by atoms with Crippen LogP contribution >= 0.6 is 0 Å². The van der Waals surface area contributed by atoms with E-state index in [0.717, 1.165) is 24.3 Å². The number of phenolic OH excluding ortho intramolecular Hbond substituents is 1. The molecule has 3 aromatic rings. The average molecular weight is 496 g/mol. The molecule has 3 rings (SSSR count). The van der Waals surface area contributed by atoms with E-state index < -0.39 is 55.8 Å². The van der Waals surface area contributed by atoms with Gasteiger partial charge in [-0.25, -0.2) is 0 Å². The molecule has 13 nitrogen and oxygen atoms in total. The van der Waals surface area contributed by atoms with Crippen molar-refractivity contribution in [1.82, 2.24) is 0 Å². The number of aliphatic hydroxyl groups is 2. The lowest BCUT2D eigenvalue weighted by atomic mass is 9.66. The first-order valence-electron chi connectivity index (χ1n) is 10.4. The van der Waals surface area contributed by atoms with E-state index >= 15 is 0 Å². The molecular weight excluding hydrogens is 477 g/mol. The minimum absolute atomic E-state index is 0.0671. The Morgan fingerprint density at radius 3 is 1.56 bits per heavy atom. The number of para-hydroxylation sites is 1. The maximum Gasteiger partial charge on any atom is 0.478 e. The van der Waals surface area contributed by atoms with Gasteiger partial charge in [0.05, 0.1) is 23.1 Å². The number of hydrogen-bond donors (Lipinski definition) is 5. The van der Waals surface area contributed by atoms with Crippen LogP contribution in [0.25, 0.3) is 0 Å². The SMILES string of the molecule is O=[N+]([O-])c1ccc(CO)c(B(O)OB(OB(O)c2cc([N+](=O)[O-])ccc2CO)c2ccccc2O)c1. The van der Waals surface area contributed by atoms with Crippen LogP contribution in [0, 0.1) is 20.2 Å². The average Bonchev–Trinajstić information content (AvgIpc) is 2.87. The largest absolute Gasteiger partial charge is 0.508 e. The third-order valence-corrected chi connectivity index (χ3v) is 5.25. The lowest BCUT2D eigenvalue weighted by molar-refractivity contribution is -0.385. The summed E-state index contributed by atoms with van der Waals surface area (Å²) in [5.74, 6) is -0.357. The molecular formula is C20H19B3N2O11. The van der Waals surface area contributed by atoms with Gasteiger partial charge in [-0.3, -0.25) is 20.2 Å². The molecule has 0 spiro atoms. The summed E-state index contributed by atoms with van der Waals surface area (Å²) in [7, 11) is -5.59. The van der Waals surface area contributed by atoms with Crippen LogP contribution in [0.2, 0.25) is 0 Å². The van der Waals surface area contributed by atoms with E-state index in [-0.39, 0.29) is 33.3 Å². The number of aliphatic hydroxyl groups excluding tert-OH is 2.